The summed E-state index contributed by atoms with van der Waals surface area (Å²) in [5.41, 5.74) is 3.24. The first-order valence-corrected chi connectivity index (χ1v) is 7.78. The largest absolute Gasteiger partial charge is 0.507 e. The highest BCUT2D eigenvalue weighted by Crippen LogP contribution is 2.40. The second kappa shape index (κ2) is 5.77. The summed E-state index contributed by atoms with van der Waals surface area (Å²) >= 11 is 0. The Hall–Kier alpha value is -1.02. The third-order valence-electron chi connectivity index (χ3n) is 5.42. The van der Waals surface area contributed by atoms with Gasteiger partial charge in [-0.05, 0) is 67.1 Å². The van der Waals surface area contributed by atoms with Gasteiger partial charge in [-0.25, -0.2) is 0 Å². The average Bonchev–Trinajstić information content (AvgIpc) is 2.39. The van der Waals surface area contributed by atoms with Crippen molar-refractivity contribution < 1.29 is 10.2 Å². The molecule has 2 N–H and O–H groups in total. The number of phenols is 1. The molecule has 5 atom stereocenters. The zero-order chi connectivity index (χ0) is 15.0. The van der Waals surface area contributed by atoms with Gasteiger partial charge in [0.05, 0.1) is 6.10 Å². The maximum Gasteiger partial charge on any atom is 0.121 e. The normalized spacial score (nSPS) is 34.2. The van der Waals surface area contributed by atoms with Crippen molar-refractivity contribution in [2.24, 2.45) is 23.7 Å². The monoisotopic (exact) mass is 276 g/mol. The Kier molecular flexibility index (Phi) is 4.43. The molecule has 0 bridgehead atoms. The minimum absolute atomic E-state index is 0.162. The Morgan fingerprint density at radius 3 is 2.15 bits per heavy atom. The lowest BCUT2D eigenvalue weighted by Gasteiger charge is -2.41. The smallest absolute Gasteiger partial charge is 0.121 e. The van der Waals surface area contributed by atoms with Crippen LogP contribution >= 0.6 is 0 Å². The highest BCUT2D eigenvalue weighted by atomic mass is 16.3. The van der Waals surface area contributed by atoms with Crippen LogP contribution in [0.25, 0.3) is 0 Å². The van der Waals surface area contributed by atoms with Crippen LogP contribution in [-0.2, 0) is 6.42 Å². The first kappa shape index (κ1) is 15.4. The number of phenolic OH excluding ortho intramolecular Hbond substituents is 1. The standard InChI is InChI=1S/C18H28O2/c1-10-6-15(7-11(2)17(10)19)9-16-8-12(3)18(20)14(5)13(16)4/h6-7,12-14,16,18-20H,8-9H2,1-5H3. The van der Waals surface area contributed by atoms with Crippen LogP contribution < -0.4 is 0 Å². The van der Waals surface area contributed by atoms with Crippen LogP contribution in [0.1, 0.15) is 43.9 Å². The van der Waals surface area contributed by atoms with E-state index in [9.17, 15) is 10.2 Å². The second-order valence-corrected chi connectivity index (χ2v) is 6.96. The Labute approximate surface area is 122 Å². The Balaban J connectivity index is 2.17. The molecule has 1 saturated carbocycles. The molecule has 0 amide bonds. The third kappa shape index (κ3) is 2.85. The summed E-state index contributed by atoms with van der Waals surface area (Å²) in [7, 11) is 0. The summed E-state index contributed by atoms with van der Waals surface area (Å²) in [5.74, 6) is 2.32. The molecule has 5 unspecified atom stereocenters. The number of hydrogen-bond acceptors (Lipinski definition) is 2. The van der Waals surface area contributed by atoms with Crippen LogP contribution in [0, 0.1) is 37.5 Å². The van der Waals surface area contributed by atoms with Crippen LogP contribution in [0.4, 0.5) is 0 Å². The van der Waals surface area contributed by atoms with Gasteiger partial charge in [0.2, 0.25) is 0 Å². The van der Waals surface area contributed by atoms with Crippen molar-refractivity contribution in [1.29, 1.82) is 0 Å². The molecule has 0 aromatic heterocycles. The van der Waals surface area contributed by atoms with Crippen LogP contribution in [0.15, 0.2) is 12.1 Å². The van der Waals surface area contributed by atoms with Gasteiger partial charge >= 0.3 is 0 Å². The van der Waals surface area contributed by atoms with E-state index in [1.165, 1.54) is 5.56 Å². The zero-order valence-corrected chi connectivity index (χ0v) is 13.4. The summed E-state index contributed by atoms with van der Waals surface area (Å²) in [6, 6.07) is 4.21. The molecule has 0 saturated heterocycles. The van der Waals surface area contributed by atoms with E-state index >= 15 is 0 Å². The van der Waals surface area contributed by atoms with E-state index < -0.39 is 0 Å². The Morgan fingerprint density at radius 2 is 1.60 bits per heavy atom. The molecule has 1 fully saturated rings. The summed E-state index contributed by atoms with van der Waals surface area (Å²) in [6.07, 6.45) is 1.97. The van der Waals surface area contributed by atoms with Gasteiger partial charge in [0, 0.05) is 0 Å². The van der Waals surface area contributed by atoms with Gasteiger partial charge < -0.3 is 10.2 Å². The van der Waals surface area contributed by atoms with Crippen molar-refractivity contribution in [3.63, 3.8) is 0 Å². The van der Waals surface area contributed by atoms with Crippen LogP contribution in [0.3, 0.4) is 0 Å². The Morgan fingerprint density at radius 1 is 1.05 bits per heavy atom. The Bertz CT molecular complexity index is 457. The predicted molar refractivity (Wildman–Crippen MR) is 82.9 cm³/mol. The van der Waals surface area contributed by atoms with Crippen molar-refractivity contribution in [2.45, 2.75) is 53.6 Å². The molecule has 2 nitrogen and oxygen atoms in total. The van der Waals surface area contributed by atoms with E-state index in [1.807, 2.05) is 13.8 Å². The van der Waals surface area contributed by atoms with Crippen molar-refractivity contribution in [1.82, 2.24) is 0 Å². The van der Waals surface area contributed by atoms with E-state index in [1.54, 1.807) is 0 Å². The summed E-state index contributed by atoms with van der Waals surface area (Å²) < 4.78 is 0. The first-order valence-electron chi connectivity index (χ1n) is 7.78. The maximum absolute atomic E-state index is 10.2. The number of hydrogen-bond donors (Lipinski definition) is 2. The molecule has 2 rings (SSSR count). The van der Waals surface area contributed by atoms with Gasteiger partial charge in [0.15, 0.2) is 0 Å². The topological polar surface area (TPSA) is 40.5 Å². The maximum atomic E-state index is 10.2. The van der Waals surface area contributed by atoms with Crippen molar-refractivity contribution in [2.75, 3.05) is 0 Å². The molecular weight excluding hydrogens is 248 g/mol. The SMILES string of the molecule is Cc1cc(CC2CC(C)C(O)C(C)C2C)cc(C)c1O. The van der Waals surface area contributed by atoms with E-state index in [2.05, 4.69) is 32.9 Å². The third-order valence-corrected chi connectivity index (χ3v) is 5.42. The minimum Gasteiger partial charge on any atom is -0.507 e. The summed E-state index contributed by atoms with van der Waals surface area (Å²) in [5, 5.41) is 20.1. The fourth-order valence-electron chi connectivity index (χ4n) is 3.83. The van der Waals surface area contributed by atoms with E-state index in [4.69, 9.17) is 0 Å². The number of aliphatic hydroxyl groups excluding tert-OH is 1. The molecule has 2 heteroatoms. The van der Waals surface area contributed by atoms with Gasteiger partial charge in [-0.1, -0.05) is 32.9 Å². The number of aromatic hydroxyl groups is 1. The minimum atomic E-state index is -0.162. The lowest BCUT2D eigenvalue weighted by Crippen LogP contribution is -2.40. The summed E-state index contributed by atoms with van der Waals surface area (Å²) in [4.78, 5) is 0. The van der Waals surface area contributed by atoms with Crippen molar-refractivity contribution in [3.8, 4) is 5.75 Å². The average molecular weight is 276 g/mol. The lowest BCUT2D eigenvalue weighted by molar-refractivity contribution is -0.0226. The molecule has 1 aliphatic rings. The molecule has 112 valence electrons. The molecule has 0 aliphatic heterocycles. The fraction of sp³-hybridized carbons (Fsp3) is 0.667. The van der Waals surface area contributed by atoms with E-state index in [-0.39, 0.29) is 6.10 Å². The van der Waals surface area contributed by atoms with Gasteiger partial charge in [-0.3, -0.25) is 0 Å². The molecule has 1 aromatic rings. The predicted octanol–water partition coefficient (Wildman–Crippen LogP) is 3.84. The molecular formula is C18H28O2. The van der Waals surface area contributed by atoms with Gasteiger partial charge in [-0.15, -0.1) is 0 Å². The van der Waals surface area contributed by atoms with Gasteiger partial charge in [0.1, 0.15) is 5.75 Å². The fourth-order valence-corrected chi connectivity index (χ4v) is 3.83. The van der Waals surface area contributed by atoms with E-state index in [0.29, 0.717) is 29.4 Å². The van der Waals surface area contributed by atoms with E-state index in [0.717, 1.165) is 24.0 Å². The molecule has 1 aliphatic carbocycles. The molecule has 20 heavy (non-hydrogen) atoms. The van der Waals surface area contributed by atoms with Crippen molar-refractivity contribution in [3.05, 3.63) is 28.8 Å². The number of benzene rings is 1. The number of rotatable bonds is 2. The molecule has 0 spiro atoms. The van der Waals surface area contributed by atoms with Crippen LogP contribution in [-0.4, -0.2) is 16.3 Å². The van der Waals surface area contributed by atoms with Crippen LogP contribution in [0.2, 0.25) is 0 Å². The lowest BCUT2D eigenvalue weighted by atomic mass is 9.66. The zero-order valence-electron chi connectivity index (χ0n) is 13.4. The second-order valence-electron chi connectivity index (χ2n) is 6.96. The number of aryl methyl sites for hydroxylation is 2. The number of aliphatic hydroxyl groups is 1. The van der Waals surface area contributed by atoms with Gasteiger partial charge in [0.25, 0.3) is 0 Å². The summed E-state index contributed by atoms with van der Waals surface area (Å²) in [6.45, 7) is 10.5. The highest BCUT2D eigenvalue weighted by Gasteiger charge is 2.37. The first-order chi connectivity index (χ1) is 9.31. The highest BCUT2D eigenvalue weighted by molar-refractivity contribution is 5.42. The van der Waals surface area contributed by atoms with Gasteiger partial charge in [-0.2, -0.15) is 0 Å². The van der Waals surface area contributed by atoms with Crippen molar-refractivity contribution >= 4 is 0 Å². The van der Waals surface area contributed by atoms with Crippen LogP contribution in [0.5, 0.6) is 5.75 Å². The quantitative estimate of drug-likeness (QED) is 0.861. The molecule has 1 aromatic carbocycles. The molecule has 0 heterocycles. The molecule has 0 radical (unpaired) electrons.